The molecule has 0 radical (unpaired) electrons. The first-order valence-electron chi connectivity index (χ1n) is 10.2. The highest BCUT2D eigenvalue weighted by molar-refractivity contribution is 8.00. The topological polar surface area (TPSA) is 40.5 Å². The Balaban J connectivity index is 1.44. The molecule has 0 amide bonds. The van der Waals surface area contributed by atoms with Crippen LogP contribution in [0.1, 0.15) is 32.9 Å². The normalized spacial score (nSPS) is 15.3. The number of ether oxygens (including phenoxy) is 2. The van der Waals surface area contributed by atoms with Gasteiger partial charge in [0.15, 0.2) is 23.4 Å². The summed E-state index contributed by atoms with van der Waals surface area (Å²) in [5.74, 6) is 2.15. The molecule has 156 valence electrons. The number of hydrogen-bond acceptors (Lipinski definition) is 4. The molecule has 0 bridgehead atoms. The van der Waals surface area contributed by atoms with Crippen molar-refractivity contribution in [2.45, 2.75) is 45.2 Å². The molecular formula is C25H27NO3S. The third kappa shape index (κ3) is 4.26. The second-order valence-electron chi connectivity index (χ2n) is 7.85. The minimum absolute atomic E-state index is 0.0856. The van der Waals surface area contributed by atoms with Crippen LogP contribution < -0.4 is 9.47 Å². The molecule has 3 aromatic rings. The van der Waals surface area contributed by atoms with E-state index in [1.54, 1.807) is 11.8 Å². The van der Waals surface area contributed by atoms with Crippen LogP contribution in [0.25, 0.3) is 0 Å². The highest BCUT2D eigenvalue weighted by Crippen LogP contribution is 2.32. The predicted molar refractivity (Wildman–Crippen MR) is 121 cm³/mol. The Morgan fingerprint density at radius 2 is 1.80 bits per heavy atom. The van der Waals surface area contributed by atoms with Crippen LogP contribution in [-0.2, 0) is 6.54 Å². The molecule has 0 saturated carbocycles. The van der Waals surface area contributed by atoms with Crippen molar-refractivity contribution in [2.75, 3.05) is 12.4 Å². The Morgan fingerprint density at radius 1 is 1.03 bits per heavy atom. The van der Waals surface area contributed by atoms with Gasteiger partial charge in [-0.05, 0) is 69.2 Å². The van der Waals surface area contributed by atoms with Crippen LogP contribution in [0.5, 0.6) is 11.5 Å². The van der Waals surface area contributed by atoms with Crippen molar-refractivity contribution < 1.29 is 14.3 Å². The number of fused-ring (bicyclic) bond motifs is 1. The van der Waals surface area contributed by atoms with Crippen LogP contribution in [0.2, 0.25) is 0 Å². The van der Waals surface area contributed by atoms with E-state index in [0.29, 0.717) is 18.9 Å². The van der Waals surface area contributed by atoms with Gasteiger partial charge in [0.05, 0.1) is 12.3 Å². The average molecular weight is 422 g/mol. The number of hydrogen-bond donors (Lipinski definition) is 0. The average Bonchev–Trinajstić information content (AvgIpc) is 3.02. The van der Waals surface area contributed by atoms with Crippen molar-refractivity contribution in [3.63, 3.8) is 0 Å². The molecule has 1 aliphatic heterocycles. The van der Waals surface area contributed by atoms with Crippen LogP contribution in [-0.4, -0.2) is 28.8 Å². The molecule has 5 heteroatoms. The number of aromatic nitrogens is 1. The fourth-order valence-corrected chi connectivity index (χ4v) is 4.63. The van der Waals surface area contributed by atoms with Crippen molar-refractivity contribution in [1.29, 1.82) is 0 Å². The second-order valence-corrected chi connectivity index (χ2v) is 8.90. The maximum atomic E-state index is 12.9. The van der Waals surface area contributed by atoms with E-state index >= 15 is 0 Å². The zero-order chi connectivity index (χ0) is 21.3. The summed E-state index contributed by atoms with van der Waals surface area (Å²) < 4.78 is 14.1. The van der Waals surface area contributed by atoms with Gasteiger partial charge in [-0.1, -0.05) is 18.2 Å². The van der Waals surface area contributed by atoms with E-state index in [0.717, 1.165) is 33.3 Å². The number of benzene rings is 2. The number of Topliss-reactive ketones (excluding diaryl/α,β-unsaturated/α-hetero) is 1. The van der Waals surface area contributed by atoms with E-state index < -0.39 is 0 Å². The molecule has 1 unspecified atom stereocenters. The minimum Gasteiger partial charge on any atom is -0.486 e. The van der Waals surface area contributed by atoms with Gasteiger partial charge in [-0.25, -0.2) is 0 Å². The molecule has 1 atom stereocenters. The first-order valence-corrected chi connectivity index (χ1v) is 11.2. The highest BCUT2D eigenvalue weighted by Gasteiger charge is 2.24. The number of ketones is 1. The Bertz CT molecular complexity index is 1090. The zero-order valence-electron chi connectivity index (χ0n) is 17.9. The first kappa shape index (κ1) is 20.6. The zero-order valence-corrected chi connectivity index (χ0v) is 18.7. The van der Waals surface area contributed by atoms with Gasteiger partial charge in [0.1, 0.15) is 6.61 Å². The third-order valence-electron chi connectivity index (χ3n) is 5.68. The van der Waals surface area contributed by atoms with Gasteiger partial charge in [-0.15, -0.1) is 11.8 Å². The fraction of sp³-hybridized carbons (Fsp3) is 0.320. The summed E-state index contributed by atoms with van der Waals surface area (Å²) in [5.41, 5.74) is 5.36. The molecule has 0 N–H and O–H groups in total. The van der Waals surface area contributed by atoms with E-state index in [4.69, 9.17) is 9.47 Å². The van der Waals surface area contributed by atoms with Gasteiger partial charge >= 0.3 is 0 Å². The highest BCUT2D eigenvalue weighted by atomic mass is 32.2. The summed E-state index contributed by atoms with van der Waals surface area (Å²) in [6, 6.07) is 16.1. The van der Waals surface area contributed by atoms with E-state index in [1.165, 1.54) is 11.1 Å². The maximum Gasteiger partial charge on any atom is 0.174 e. The molecule has 30 heavy (non-hydrogen) atoms. The molecule has 4 nitrogen and oxygen atoms in total. The largest absolute Gasteiger partial charge is 0.486 e. The second kappa shape index (κ2) is 8.60. The molecule has 0 spiro atoms. The Labute approximate surface area is 182 Å². The van der Waals surface area contributed by atoms with Crippen molar-refractivity contribution >= 4 is 17.5 Å². The van der Waals surface area contributed by atoms with Gasteiger partial charge in [-0.3, -0.25) is 4.79 Å². The molecule has 2 aromatic carbocycles. The lowest BCUT2D eigenvalue weighted by Gasteiger charge is -2.27. The number of carbonyl (C=O) groups is 1. The third-order valence-corrected chi connectivity index (χ3v) is 6.67. The fourth-order valence-electron chi connectivity index (χ4n) is 3.75. The summed E-state index contributed by atoms with van der Waals surface area (Å²) in [5, 5.41) is 0. The summed E-state index contributed by atoms with van der Waals surface area (Å²) >= 11 is 1.59. The van der Waals surface area contributed by atoms with Gasteiger partial charge in [0.2, 0.25) is 0 Å². The van der Waals surface area contributed by atoms with Gasteiger partial charge in [0, 0.05) is 21.8 Å². The number of para-hydroxylation sites is 2. The van der Waals surface area contributed by atoms with E-state index in [-0.39, 0.29) is 11.9 Å². The lowest BCUT2D eigenvalue weighted by Crippen LogP contribution is -2.33. The van der Waals surface area contributed by atoms with Crippen LogP contribution in [0, 0.1) is 27.7 Å². The predicted octanol–water partition coefficient (Wildman–Crippen LogP) is 5.54. The number of nitrogens with zero attached hydrogens (tertiary/aromatic N) is 1. The molecule has 1 aromatic heterocycles. The summed E-state index contributed by atoms with van der Waals surface area (Å²) in [6.07, 6.45) is -0.0856. The summed E-state index contributed by atoms with van der Waals surface area (Å²) in [7, 11) is 0. The van der Waals surface area contributed by atoms with Crippen molar-refractivity contribution in [1.82, 2.24) is 4.57 Å². The van der Waals surface area contributed by atoms with E-state index in [2.05, 4.69) is 36.6 Å². The Morgan fingerprint density at radius 3 is 2.57 bits per heavy atom. The van der Waals surface area contributed by atoms with Crippen molar-refractivity contribution in [2.24, 2.45) is 0 Å². The quantitative estimate of drug-likeness (QED) is 0.387. The van der Waals surface area contributed by atoms with Crippen molar-refractivity contribution in [3.05, 3.63) is 76.6 Å². The molecular weight excluding hydrogens is 394 g/mol. The lowest BCUT2D eigenvalue weighted by molar-refractivity contribution is 0.0777. The monoisotopic (exact) mass is 421 g/mol. The molecule has 0 fully saturated rings. The van der Waals surface area contributed by atoms with Crippen LogP contribution >= 0.6 is 11.8 Å². The van der Waals surface area contributed by atoms with E-state index in [9.17, 15) is 4.79 Å². The summed E-state index contributed by atoms with van der Waals surface area (Å²) in [6.45, 7) is 9.41. The molecule has 2 heterocycles. The first-order chi connectivity index (χ1) is 14.4. The molecule has 0 saturated heterocycles. The number of rotatable bonds is 6. The van der Waals surface area contributed by atoms with Gasteiger partial charge < -0.3 is 14.0 Å². The Kier molecular flexibility index (Phi) is 5.91. The van der Waals surface area contributed by atoms with Crippen LogP contribution in [0.4, 0.5) is 0 Å². The van der Waals surface area contributed by atoms with Gasteiger partial charge in [0.25, 0.3) is 0 Å². The number of aryl methyl sites for hydroxylation is 3. The molecule has 0 aliphatic carbocycles. The molecule has 1 aliphatic rings. The minimum atomic E-state index is -0.0856. The SMILES string of the molecule is Cc1ccc(SCC(=O)c2cc(C)n(CC3COc4ccccc4O3)c2C)cc1C. The number of thioether (sulfide) groups is 1. The van der Waals surface area contributed by atoms with E-state index in [1.807, 2.05) is 44.2 Å². The smallest absolute Gasteiger partial charge is 0.174 e. The molecule has 4 rings (SSSR count). The van der Waals surface area contributed by atoms with Gasteiger partial charge in [-0.2, -0.15) is 0 Å². The number of carbonyl (C=O) groups excluding carboxylic acids is 1. The maximum absolute atomic E-state index is 12.9. The standard InChI is InChI=1S/C25H27NO3S/c1-16-9-10-21(11-17(16)2)30-15-23(27)22-12-18(3)26(19(22)4)13-20-14-28-24-7-5-6-8-25(24)29-20/h5-12,20H,13-15H2,1-4H3. The summed E-state index contributed by atoms with van der Waals surface area (Å²) in [4.78, 5) is 14.1. The lowest BCUT2D eigenvalue weighted by atomic mass is 10.1. The van der Waals surface area contributed by atoms with Crippen molar-refractivity contribution in [3.8, 4) is 11.5 Å². The Hall–Kier alpha value is -2.66. The van der Waals surface area contributed by atoms with Crippen LogP contribution in [0.15, 0.2) is 53.4 Å². The van der Waals surface area contributed by atoms with Crippen LogP contribution in [0.3, 0.4) is 0 Å².